The molecule has 0 aromatic heterocycles. The van der Waals surface area contributed by atoms with E-state index in [1.807, 2.05) is 30.3 Å². The van der Waals surface area contributed by atoms with E-state index in [-0.39, 0.29) is 5.91 Å². The highest BCUT2D eigenvalue weighted by atomic mass is 16.2. The van der Waals surface area contributed by atoms with Crippen LogP contribution in [0, 0.1) is 0 Å². The lowest BCUT2D eigenvalue weighted by Crippen LogP contribution is -2.49. The van der Waals surface area contributed by atoms with Crippen molar-refractivity contribution in [3.05, 3.63) is 65.7 Å². The molecule has 27 heavy (non-hydrogen) atoms. The molecular weight excluding hydrogens is 334 g/mol. The van der Waals surface area contributed by atoms with Gasteiger partial charge in [0.1, 0.15) is 0 Å². The van der Waals surface area contributed by atoms with Crippen LogP contribution < -0.4 is 10.6 Å². The Morgan fingerprint density at radius 1 is 1.04 bits per heavy atom. The third-order valence-electron chi connectivity index (χ3n) is 5.73. The van der Waals surface area contributed by atoms with E-state index in [1.165, 1.54) is 11.3 Å². The minimum Gasteiger partial charge on any atom is -0.385 e. The molecule has 2 aromatic rings. The zero-order chi connectivity index (χ0) is 18.5. The molecule has 2 heterocycles. The van der Waals surface area contributed by atoms with Crippen LogP contribution in [-0.2, 0) is 11.2 Å². The summed E-state index contributed by atoms with van der Waals surface area (Å²) < 4.78 is 0. The van der Waals surface area contributed by atoms with Crippen LogP contribution in [0.5, 0.6) is 0 Å². The molecule has 1 saturated heterocycles. The van der Waals surface area contributed by atoms with Crippen molar-refractivity contribution in [3.8, 4) is 0 Å². The third kappa shape index (κ3) is 4.51. The highest BCUT2D eigenvalue weighted by Gasteiger charge is 2.27. The Morgan fingerprint density at radius 3 is 2.74 bits per heavy atom. The van der Waals surface area contributed by atoms with Gasteiger partial charge in [-0.2, -0.15) is 0 Å². The average molecular weight is 364 g/mol. The van der Waals surface area contributed by atoms with Crippen LogP contribution in [-0.4, -0.2) is 36.5 Å². The van der Waals surface area contributed by atoms with Gasteiger partial charge in [-0.1, -0.05) is 48.5 Å². The second-order valence-corrected chi connectivity index (χ2v) is 7.72. The van der Waals surface area contributed by atoms with Crippen molar-refractivity contribution < 1.29 is 4.79 Å². The van der Waals surface area contributed by atoms with E-state index in [2.05, 4.69) is 39.8 Å². The number of nitrogens with zero attached hydrogens (tertiary/aromatic N) is 1. The fourth-order valence-corrected chi connectivity index (χ4v) is 4.33. The first-order chi connectivity index (χ1) is 13.3. The minimum atomic E-state index is 0.246. The Morgan fingerprint density at radius 2 is 1.85 bits per heavy atom. The molecule has 4 nitrogen and oxygen atoms in total. The lowest BCUT2D eigenvalue weighted by molar-refractivity contribution is -0.131. The smallest absolute Gasteiger partial charge is 0.227 e. The predicted molar refractivity (Wildman–Crippen MR) is 110 cm³/mol. The van der Waals surface area contributed by atoms with Gasteiger partial charge in [-0.25, -0.2) is 0 Å². The van der Waals surface area contributed by atoms with E-state index in [1.54, 1.807) is 0 Å². The molecule has 2 N–H and O–H groups in total. The molecule has 2 aliphatic rings. The molecule has 142 valence electrons. The van der Waals surface area contributed by atoms with Crippen LogP contribution in [0.4, 0.5) is 5.69 Å². The second kappa shape index (κ2) is 8.57. The van der Waals surface area contributed by atoms with Gasteiger partial charge in [0.25, 0.3) is 0 Å². The summed E-state index contributed by atoms with van der Waals surface area (Å²) >= 11 is 0. The standard InChI is InChI=1S/C23H29N3O/c27-23(16-18-8-2-1-3-9-18)26-15-7-10-19(17-26)25-22-13-6-14-24-21-12-5-4-11-20(21)22/h1-5,8-9,11-12,19,22,24-25H,6-7,10,13-17H2. The molecule has 1 amide bonds. The van der Waals surface area contributed by atoms with E-state index >= 15 is 0 Å². The quantitative estimate of drug-likeness (QED) is 0.869. The second-order valence-electron chi connectivity index (χ2n) is 7.72. The zero-order valence-corrected chi connectivity index (χ0v) is 15.9. The van der Waals surface area contributed by atoms with Gasteiger partial charge in [0.15, 0.2) is 0 Å². The summed E-state index contributed by atoms with van der Waals surface area (Å²) in [6.07, 6.45) is 5.02. The lowest BCUT2D eigenvalue weighted by atomic mass is 9.98. The number of carbonyl (C=O) groups excluding carboxylic acids is 1. The number of amides is 1. The summed E-state index contributed by atoms with van der Waals surface area (Å²) in [6, 6.07) is 19.4. The summed E-state index contributed by atoms with van der Waals surface area (Å²) in [5, 5.41) is 7.41. The van der Waals surface area contributed by atoms with Crippen molar-refractivity contribution in [2.75, 3.05) is 25.0 Å². The molecule has 2 aliphatic heterocycles. The van der Waals surface area contributed by atoms with E-state index in [0.717, 1.165) is 50.9 Å². The lowest BCUT2D eigenvalue weighted by Gasteiger charge is -2.35. The van der Waals surface area contributed by atoms with Crippen LogP contribution >= 0.6 is 0 Å². The minimum absolute atomic E-state index is 0.246. The normalized spacial score (nSPS) is 22.4. The van der Waals surface area contributed by atoms with Crippen molar-refractivity contribution >= 4 is 11.6 Å². The summed E-state index contributed by atoms with van der Waals surface area (Å²) in [7, 11) is 0. The van der Waals surface area contributed by atoms with Crippen molar-refractivity contribution in [3.63, 3.8) is 0 Å². The van der Waals surface area contributed by atoms with Crippen molar-refractivity contribution in [1.82, 2.24) is 10.2 Å². The molecular formula is C23H29N3O. The number of hydrogen-bond acceptors (Lipinski definition) is 3. The molecule has 4 heteroatoms. The number of carbonyl (C=O) groups is 1. The Labute approximate surface area is 162 Å². The van der Waals surface area contributed by atoms with E-state index < -0.39 is 0 Å². The SMILES string of the molecule is O=C(Cc1ccccc1)N1CCCC(NC2CCCNc3ccccc32)C1. The Balaban J connectivity index is 1.39. The summed E-state index contributed by atoms with van der Waals surface area (Å²) in [4.78, 5) is 14.8. The van der Waals surface area contributed by atoms with Crippen LogP contribution in [0.15, 0.2) is 54.6 Å². The zero-order valence-electron chi connectivity index (χ0n) is 15.9. The van der Waals surface area contributed by atoms with E-state index in [4.69, 9.17) is 0 Å². The number of piperidine rings is 1. The maximum absolute atomic E-state index is 12.7. The molecule has 0 spiro atoms. The topological polar surface area (TPSA) is 44.4 Å². The Hall–Kier alpha value is -2.33. The molecule has 2 aromatic carbocycles. The molecule has 0 radical (unpaired) electrons. The van der Waals surface area contributed by atoms with Gasteiger partial charge in [0.05, 0.1) is 6.42 Å². The van der Waals surface area contributed by atoms with Gasteiger partial charge in [0.2, 0.25) is 5.91 Å². The first-order valence-corrected chi connectivity index (χ1v) is 10.2. The number of likely N-dealkylation sites (tertiary alicyclic amines) is 1. The first kappa shape index (κ1) is 18.1. The number of para-hydroxylation sites is 1. The van der Waals surface area contributed by atoms with E-state index in [9.17, 15) is 4.79 Å². The van der Waals surface area contributed by atoms with Crippen molar-refractivity contribution in [2.45, 2.75) is 44.2 Å². The van der Waals surface area contributed by atoms with Crippen molar-refractivity contribution in [2.24, 2.45) is 0 Å². The highest BCUT2D eigenvalue weighted by Crippen LogP contribution is 2.30. The molecule has 4 rings (SSSR count). The fraction of sp³-hybridized carbons (Fsp3) is 0.435. The van der Waals surface area contributed by atoms with Gasteiger partial charge in [-0.15, -0.1) is 0 Å². The number of rotatable bonds is 4. The van der Waals surface area contributed by atoms with Gasteiger partial charge in [0, 0.05) is 37.4 Å². The summed E-state index contributed by atoms with van der Waals surface area (Å²) in [5.41, 5.74) is 3.71. The molecule has 2 unspecified atom stereocenters. The first-order valence-electron chi connectivity index (χ1n) is 10.2. The number of benzene rings is 2. The number of anilines is 1. The fourth-order valence-electron chi connectivity index (χ4n) is 4.33. The number of fused-ring (bicyclic) bond motifs is 1. The monoisotopic (exact) mass is 363 g/mol. The van der Waals surface area contributed by atoms with Gasteiger partial charge in [-0.3, -0.25) is 4.79 Å². The predicted octanol–water partition coefficient (Wildman–Crippen LogP) is 3.76. The van der Waals surface area contributed by atoms with Gasteiger partial charge in [-0.05, 0) is 42.9 Å². The molecule has 0 bridgehead atoms. The Bertz CT molecular complexity index is 761. The molecule has 1 fully saturated rings. The van der Waals surface area contributed by atoms with Gasteiger partial charge >= 0.3 is 0 Å². The average Bonchev–Trinajstić information content (AvgIpc) is 2.91. The third-order valence-corrected chi connectivity index (χ3v) is 5.73. The molecule has 0 saturated carbocycles. The maximum Gasteiger partial charge on any atom is 0.227 e. The molecule has 0 aliphatic carbocycles. The molecule has 2 atom stereocenters. The Kier molecular flexibility index (Phi) is 5.73. The summed E-state index contributed by atoms with van der Waals surface area (Å²) in [6.45, 7) is 2.73. The van der Waals surface area contributed by atoms with Crippen LogP contribution in [0.2, 0.25) is 0 Å². The summed E-state index contributed by atoms with van der Waals surface area (Å²) in [5.74, 6) is 0.246. The largest absolute Gasteiger partial charge is 0.385 e. The van der Waals surface area contributed by atoms with Crippen LogP contribution in [0.25, 0.3) is 0 Å². The van der Waals surface area contributed by atoms with E-state index in [0.29, 0.717) is 18.5 Å². The van der Waals surface area contributed by atoms with Crippen molar-refractivity contribution in [1.29, 1.82) is 0 Å². The van der Waals surface area contributed by atoms with Crippen LogP contribution in [0.1, 0.15) is 42.9 Å². The van der Waals surface area contributed by atoms with Crippen LogP contribution in [0.3, 0.4) is 0 Å². The maximum atomic E-state index is 12.7. The highest BCUT2D eigenvalue weighted by molar-refractivity contribution is 5.78. The number of hydrogen-bond donors (Lipinski definition) is 2. The van der Waals surface area contributed by atoms with Gasteiger partial charge < -0.3 is 15.5 Å². The number of nitrogens with one attached hydrogen (secondary N) is 2.